The van der Waals surface area contributed by atoms with E-state index in [9.17, 15) is 8.78 Å². The van der Waals surface area contributed by atoms with E-state index in [2.05, 4.69) is 0 Å². The Bertz CT molecular complexity index is 344. The summed E-state index contributed by atoms with van der Waals surface area (Å²) in [5, 5.41) is 8.76. The summed E-state index contributed by atoms with van der Waals surface area (Å²) < 4.78 is 26.1. The third kappa shape index (κ3) is 2.03. The summed E-state index contributed by atoms with van der Waals surface area (Å²) in [7, 11) is 0. The van der Waals surface area contributed by atoms with E-state index in [-0.39, 0.29) is 10.6 Å². The summed E-state index contributed by atoms with van der Waals surface area (Å²) in [5.41, 5.74) is 5.27. The Balaban J connectivity index is 3.25. The Labute approximate surface area is 85.3 Å². The third-order valence-corrected chi connectivity index (χ3v) is 2.32. The van der Waals surface area contributed by atoms with Crippen LogP contribution in [0.25, 0.3) is 0 Å². The van der Waals surface area contributed by atoms with Gasteiger partial charge in [-0.2, -0.15) is 0 Å². The first-order chi connectivity index (χ1) is 6.45. The average molecular weight is 222 g/mol. The second-order valence-electron chi connectivity index (χ2n) is 3.02. The molecule has 1 rings (SSSR count). The van der Waals surface area contributed by atoms with E-state index >= 15 is 0 Å². The first-order valence-corrected chi connectivity index (χ1v) is 4.40. The summed E-state index contributed by atoms with van der Waals surface area (Å²) in [6, 6.07) is 0.813. The topological polar surface area (TPSA) is 46.2 Å². The average Bonchev–Trinajstić information content (AvgIpc) is 2.12. The largest absolute Gasteiger partial charge is 0.391 e. The number of aliphatic hydroxyl groups is 1. The molecule has 0 unspecified atom stereocenters. The molecule has 0 aliphatic rings. The number of halogens is 3. The van der Waals surface area contributed by atoms with Crippen molar-refractivity contribution >= 4 is 11.6 Å². The van der Waals surface area contributed by atoms with E-state index in [0.29, 0.717) is 0 Å². The molecule has 0 heterocycles. The zero-order valence-electron chi connectivity index (χ0n) is 7.47. The van der Waals surface area contributed by atoms with Gasteiger partial charge in [0.2, 0.25) is 0 Å². The van der Waals surface area contributed by atoms with Crippen molar-refractivity contribution in [3.8, 4) is 0 Å². The number of aliphatic hydroxyl groups excluding tert-OH is 1. The molecule has 0 aromatic heterocycles. The van der Waals surface area contributed by atoms with E-state index in [1.54, 1.807) is 0 Å². The van der Waals surface area contributed by atoms with Crippen LogP contribution in [0.1, 0.15) is 18.5 Å². The second-order valence-corrected chi connectivity index (χ2v) is 3.40. The van der Waals surface area contributed by atoms with Gasteiger partial charge >= 0.3 is 0 Å². The van der Waals surface area contributed by atoms with Crippen molar-refractivity contribution in [2.45, 2.75) is 19.1 Å². The lowest BCUT2D eigenvalue weighted by atomic mass is 10.0. The van der Waals surface area contributed by atoms with Crippen molar-refractivity contribution in [1.82, 2.24) is 0 Å². The molecule has 1 aromatic rings. The van der Waals surface area contributed by atoms with Crippen molar-refractivity contribution in [2.24, 2.45) is 5.73 Å². The maximum atomic E-state index is 13.2. The Morgan fingerprint density at radius 2 is 1.86 bits per heavy atom. The van der Waals surface area contributed by atoms with Crippen LogP contribution in [0, 0.1) is 11.6 Å². The standard InChI is InChI=1S/C9H10ClF2NO/c1-4(14)9(13)7-5(11)2-3-6(12)8(7)10/h2-4,9,14H,13H2,1H3/t4-,9-/m1/s1. The van der Waals surface area contributed by atoms with Gasteiger partial charge in [0.15, 0.2) is 0 Å². The predicted octanol–water partition coefficient (Wildman–Crippen LogP) is 2.00. The molecule has 1 aromatic carbocycles. The van der Waals surface area contributed by atoms with Gasteiger partial charge in [-0.3, -0.25) is 0 Å². The molecule has 2 nitrogen and oxygen atoms in total. The fraction of sp³-hybridized carbons (Fsp3) is 0.333. The molecule has 0 bridgehead atoms. The van der Waals surface area contributed by atoms with Crippen molar-refractivity contribution < 1.29 is 13.9 Å². The van der Waals surface area contributed by atoms with E-state index < -0.39 is 23.8 Å². The molecule has 2 atom stereocenters. The normalized spacial score (nSPS) is 15.3. The van der Waals surface area contributed by atoms with E-state index in [1.807, 2.05) is 0 Å². The maximum absolute atomic E-state index is 13.2. The van der Waals surface area contributed by atoms with Crippen molar-refractivity contribution in [2.75, 3.05) is 0 Å². The van der Waals surface area contributed by atoms with Gasteiger partial charge < -0.3 is 10.8 Å². The molecule has 0 radical (unpaired) electrons. The summed E-state index contributed by atoms with van der Waals surface area (Å²) >= 11 is 5.53. The predicted molar refractivity (Wildman–Crippen MR) is 50.0 cm³/mol. The van der Waals surface area contributed by atoms with Gasteiger partial charge in [-0.15, -0.1) is 0 Å². The van der Waals surface area contributed by atoms with Gasteiger partial charge in [0.1, 0.15) is 11.6 Å². The van der Waals surface area contributed by atoms with Gasteiger partial charge in [0.25, 0.3) is 0 Å². The van der Waals surface area contributed by atoms with Crippen LogP contribution in [0.4, 0.5) is 8.78 Å². The number of rotatable bonds is 2. The van der Waals surface area contributed by atoms with Gasteiger partial charge in [-0.05, 0) is 19.1 Å². The summed E-state index contributed by atoms with van der Waals surface area (Å²) in [4.78, 5) is 0. The lowest BCUT2D eigenvalue weighted by molar-refractivity contribution is 0.162. The molecule has 0 fully saturated rings. The minimum atomic E-state index is -1.03. The highest BCUT2D eigenvalue weighted by Crippen LogP contribution is 2.28. The van der Waals surface area contributed by atoms with Crippen LogP contribution in [0.5, 0.6) is 0 Å². The number of hydrogen-bond donors (Lipinski definition) is 2. The van der Waals surface area contributed by atoms with Gasteiger partial charge in [0, 0.05) is 5.56 Å². The van der Waals surface area contributed by atoms with Crippen LogP contribution in [0.2, 0.25) is 5.02 Å². The fourth-order valence-electron chi connectivity index (χ4n) is 1.09. The van der Waals surface area contributed by atoms with Crippen LogP contribution < -0.4 is 5.73 Å². The smallest absolute Gasteiger partial charge is 0.142 e. The van der Waals surface area contributed by atoms with Gasteiger partial charge in [-0.25, -0.2) is 8.78 Å². The summed E-state index contributed by atoms with van der Waals surface area (Å²) in [5.74, 6) is -1.47. The monoisotopic (exact) mass is 221 g/mol. The quantitative estimate of drug-likeness (QED) is 0.751. The Morgan fingerprint density at radius 3 is 2.36 bits per heavy atom. The van der Waals surface area contributed by atoms with E-state index in [4.69, 9.17) is 22.4 Å². The Morgan fingerprint density at radius 1 is 1.36 bits per heavy atom. The van der Waals surface area contributed by atoms with Crippen LogP contribution in [0.15, 0.2) is 12.1 Å². The van der Waals surface area contributed by atoms with Crippen molar-refractivity contribution in [3.05, 3.63) is 34.4 Å². The number of benzene rings is 1. The first kappa shape index (κ1) is 11.4. The van der Waals surface area contributed by atoms with Crippen LogP contribution >= 0.6 is 11.6 Å². The highest BCUT2D eigenvalue weighted by Gasteiger charge is 2.21. The summed E-state index contributed by atoms with van der Waals surface area (Å²) in [6.45, 7) is 1.38. The molecular formula is C9H10ClF2NO. The molecule has 0 saturated carbocycles. The van der Waals surface area contributed by atoms with E-state index in [1.165, 1.54) is 6.92 Å². The van der Waals surface area contributed by atoms with Crippen LogP contribution in [-0.2, 0) is 0 Å². The Kier molecular flexibility index (Phi) is 3.42. The minimum Gasteiger partial charge on any atom is -0.391 e. The highest BCUT2D eigenvalue weighted by molar-refractivity contribution is 6.31. The number of nitrogens with two attached hydrogens (primary N) is 1. The molecule has 3 N–H and O–H groups in total. The molecule has 78 valence electrons. The van der Waals surface area contributed by atoms with E-state index in [0.717, 1.165) is 12.1 Å². The summed E-state index contributed by atoms with van der Waals surface area (Å²) in [6.07, 6.45) is -0.996. The lowest BCUT2D eigenvalue weighted by Gasteiger charge is -2.17. The molecule has 0 aliphatic carbocycles. The number of hydrogen-bond acceptors (Lipinski definition) is 2. The fourth-order valence-corrected chi connectivity index (χ4v) is 1.37. The maximum Gasteiger partial charge on any atom is 0.142 e. The molecule has 0 aliphatic heterocycles. The molecule has 0 spiro atoms. The minimum absolute atomic E-state index is 0.193. The van der Waals surface area contributed by atoms with Crippen LogP contribution in [0.3, 0.4) is 0 Å². The van der Waals surface area contributed by atoms with Gasteiger partial charge in [-0.1, -0.05) is 11.6 Å². The van der Waals surface area contributed by atoms with Crippen LogP contribution in [-0.4, -0.2) is 11.2 Å². The zero-order chi connectivity index (χ0) is 10.9. The second kappa shape index (κ2) is 4.21. The Hall–Kier alpha value is -0.710. The molecular weight excluding hydrogens is 212 g/mol. The first-order valence-electron chi connectivity index (χ1n) is 4.02. The van der Waals surface area contributed by atoms with Crippen molar-refractivity contribution in [1.29, 1.82) is 0 Å². The van der Waals surface area contributed by atoms with Crippen molar-refractivity contribution in [3.63, 3.8) is 0 Å². The lowest BCUT2D eigenvalue weighted by Crippen LogP contribution is -2.24. The molecule has 5 heteroatoms. The van der Waals surface area contributed by atoms with Gasteiger partial charge in [0.05, 0.1) is 17.2 Å². The SMILES string of the molecule is C[C@@H](O)[C@@H](N)c1c(F)ccc(F)c1Cl. The molecule has 0 saturated heterocycles. The zero-order valence-corrected chi connectivity index (χ0v) is 8.22. The molecule has 14 heavy (non-hydrogen) atoms. The molecule has 0 amide bonds. The highest BCUT2D eigenvalue weighted by atomic mass is 35.5. The third-order valence-electron chi connectivity index (χ3n) is 1.93.